The van der Waals surface area contributed by atoms with Gasteiger partial charge in [0, 0.05) is 12.7 Å². The van der Waals surface area contributed by atoms with Crippen molar-refractivity contribution < 1.29 is 13.2 Å². The molecule has 0 aliphatic heterocycles. The van der Waals surface area contributed by atoms with Crippen LogP contribution in [-0.4, -0.2) is 14.3 Å². The zero-order valence-electron chi connectivity index (χ0n) is 14.0. The third-order valence-corrected chi connectivity index (χ3v) is 4.39. The monoisotopic (exact) mass is 381 g/mol. The number of sulfonamides is 1. The van der Waals surface area contributed by atoms with Gasteiger partial charge in [-0.15, -0.1) is 0 Å². The first-order chi connectivity index (χ1) is 12.8. The normalized spacial score (nSPS) is 11.1. The van der Waals surface area contributed by atoms with Gasteiger partial charge in [0.2, 0.25) is 10.0 Å². The van der Waals surface area contributed by atoms with Gasteiger partial charge in [-0.05, 0) is 29.8 Å². The Hall–Kier alpha value is -3.66. The summed E-state index contributed by atoms with van der Waals surface area (Å²) in [5.41, 5.74) is 1.14. The van der Waals surface area contributed by atoms with Gasteiger partial charge < -0.3 is 10.6 Å². The Bertz CT molecular complexity index is 1060. The smallest absolute Gasteiger partial charge is 0.267 e. The Kier molecular flexibility index (Phi) is 6.28. The highest BCUT2D eigenvalue weighted by molar-refractivity contribution is 7.89. The lowest BCUT2D eigenvalue weighted by molar-refractivity contribution is -0.112. The van der Waals surface area contributed by atoms with E-state index in [0.29, 0.717) is 5.69 Å². The molecule has 0 spiro atoms. The van der Waals surface area contributed by atoms with Gasteiger partial charge in [0.15, 0.2) is 0 Å². The Balaban J connectivity index is 2.03. The predicted molar refractivity (Wildman–Crippen MR) is 98.1 cm³/mol. The van der Waals surface area contributed by atoms with Crippen molar-refractivity contribution in [3.63, 3.8) is 0 Å². The highest BCUT2D eigenvalue weighted by atomic mass is 32.2. The Labute approximate surface area is 156 Å². The molecule has 0 aliphatic rings. The molecule has 0 atom stereocenters. The number of anilines is 1. The van der Waals surface area contributed by atoms with Gasteiger partial charge >= 0.3 is 0 Å². The summed E-state index contributed by atoms with van der Waals surface area (Å²) in [6.45, 7) is 0.262. The quantitative estimate of drug-likeness (QED) is 0.508. The molecular formula is C18H15N5O3S. The van der Waals surface area contributed by atoms with Crippen LogP contribution in [0.1, 0.15) is 11.1 Å². The first kappa shape index (κ1) is 19.7. The van der Waals surface area contributed by atoms with Crippen molar-refractivity contribution in [2.45, 2.75) is 11.4 Å². The fourth-order valence-corrected chi connectivity index (χ4v) is 2.61. The van der Waals surface area contributed by atoms with Gasteiger partial charge in [0.05, 0.1) is 16.1 Å². The van der Waals surface area contributed by atoms with Crippen molar-refractivity contribution in [1.29, 1.82) is 10.5 Å². The molecule has 0 fully saturated rings. The number of rotatable bonds is 6. The summed E-state index contributed by atoms with van der Waals surface area (Å²) < 4.78 is 22.4. The number of nitrogens with one attached hydrogen (secondary N) is 2. The minimum atomic E-state index is -3.76. The van der Waals surface area contributed by atoms with E-state index in [1.165, 1.54) is 18.3 Å². The summed E-state index contributed by atoms with van der Waals surface area (Å²) in [5, 5.41) is 28.5. The largest absolute Gasteiger partial charge is 0.386 e. The third-order valence-electron chi connectivity index (χ3n) is 3.47. The van der Waals surface area contributed by atoms with Crippen LogP contribution >= 0.6 is 0 Å². The molecule has 9 heteroatoms. The van der Waals surface area contributed by atoms with Crippen molar-refractivity contribution in [2.24, 2.45) is 5.14 Å². The zero-order valence-corrected chi connectivity index (χ0v) is 14.8. The van der Waals surface area contributed by atoms with Crippen LogP contribution in [0.4, 0.5) is 5.69 Å². The van der Waals surface area contributed by atoms with E-state index in [4.69, 9.17) is 15.7 Å². The molecule has 0 saturated carbocycles. The van der Waals surface area contributed by atoms with Crippen LogP contribution in [0.25, 0.3) is 0 Å². The molecule has 8 nitrogen and oxygen atoms in total. The summed E-state index contributed by atoms with van der Waals surface area (Å²) in [4.78, 5) is 12.2. The number of para-hydroxylation sites is 1. The van der Waals surface area contributed by atoms with Crippen LogP contribution in [0, 0.1) is 22.7 Å². The van der Waals surface area contributed by atoms with Crippen molar-refractivity contribution >= 4 is 21.6 Å². The molecule has 0 radical (unpaired) electrons. The van der Waals surface area contributed by atoms with E-state index in [9.17, 15) is 13.2 Å². The molecule has 2 aromatic carbocycles. The van der Waals surface area contributed by atoms with Crippen molar-refractivity contribution in [2.75, 3.05) is 5.32 Å². The molecule has 0 unspecified atom stereocenters. The van der Waals surface area contributed by atoms with Crippen LogP contribution < -0.4 is 15.8 Å². The summed E-state index contributed by atoms with van der Waals surface area (Å²) in [6, 6.07) is 16.0. The maximum absolute atomic E-state index is 12.2. The molecule has 0 bridgehead atoms. The van der Waals surface area contributed by atoms with E-state index in [2.05, 4.69) is 10.6 Å². The van der Waals surface area contributed by atoms with Gasteiger partial charge in [-0.2, -0.15) is 10.5 Å². The molecule has 1 amide bonds. The summed E-state index contributed by atoms with van der Waals surface area (Å²) in [7, 11) is -3.76. The Morgan fingerprint density at radius 2 is 1.78 bits per heavy atom. The average molecular weight is 381 g/mol. The third kappa shape index (κ3) is 5.41. The van der Waals surface area contributed by atoms with Gasteiger partial charge in [-0.3, -0.25) is 4.79 Å². The van der Waals surface area contributed by atoms with Gasteiger partial charge in [0.1, 0.15) is 17.7 Å². The zero-order chi connectivity index (χ0) is 19.9. The van der Waals surface area contributed by atoms with Crippen molar-refractivity contribution in [3.05, 3.63) is 71.4 Å². The SMILES string of the molecule is N#C/C(=C/NCc1ccc(S(N)(=O)=O)cc1)C(=O)Nc1ccccc1C#N. The fourth-order valence-electron chi connectivity index (χ4n) is 2.10. The van der Waals surface area contributed by atoms with E-state index in [-0.39, 0.29) is 22.6 Å². The molecule has 136 valence electrons. The fraction of sp³-hybridized carbons (Fsp3) is 0.0556. The summed E-state index contributed by atoms with van der Waals surface area (Å²) in [5.74, 6) is -0.655. The molecule has 2 aromatic rings. The minimum Gasteiger partial charge on any atom is -0.386 e. The first-order valence-electron chi connectivity index (χ1n) is 7.61. The van der Waals surface area contributed by atoms with Gasteiger partial charge in [-0.1, -0.05) is 24.3 Å². The van der Waals surface area contributed by atoms with E-state index < -0.39 is 15.9 Å². The number of carbonyl (C=O) groups is 1. The topological polar surface area (TPSA) is 149 Å². The lowest BCUT2D eigenvalue weighted by Crippen LogP contribution is -2.17. The molecule has 0 aliphatic carbocycles. The minimum absolute atomic E-state index is 0.00459. The molecule has 27 heavy (non-hydrogen) atoms. The van der Waals surface area contributed by atoms with Crippen molar-refractivity contribution in [3.8, 4) is 12.1 Å². The standard InChI is InChI=1S/C18H15N5O3S/c19-9-14-3-1-2-4-17(14)23-18(24)15(10-20)12-22-11-13-5-7-16(8-6-13)27(21,25)26/h1-8,12,22H,11H2,(H,23,24)(H2,21,25,26)/b15-12-. The average Bonchev–Trinajstić information content (AvgIpc) is 2.65. The number of nitrogens with two attached hydrogens (primary N) is 1. The lowest BCUT2D eigenvalue weighted by atomic mass is 10.2. The number of carbonyl (C=O) groups excluding carboxylic acids is 1. The molecule has 0 aromatic heterocycles. The highest BCUT2D eigenvalue weighted by Crippen LogP contribution is 2.14. The molecule has 4 N–H and O–H groups in total. The molecule has 2 rings (SSSR count). The second-order valence-corrected chi connectivity index (χ2v) is 6.91. The molecule has 0 heterocycles. The first-order valence-corrected chi connectivity index (χ1v) is 9.15. The summed E-state index contributed by atoms with van der Waals surface area (Å²) >= 11 is 0. The number of hydrogen-bond donors (Lipinski definition) is 3. The lowest BCUT2D eigenvalue weighted by Gasteiger charge is -2.07. The number of nitrogens with zero attached hydrogens (tertiary/aromatic N) is 2. The van der Waals surface area contributed by atoms with Gasteiger partial charge in [-0.25, -0.2) is 13.6 Å². The Morgan fingerprint density at radius 1 is 1.11 bits per heavy atom. The van der Waals surface area contributed by atoms with Crippen molar-refractivity contribution in [1.82, 2.24) is 5.32 Å². The second kappa shape index (κ2) is 8.63. The predicted octanol–water partition coefficient (Wildman–Crippen LogP) is 1.34. The van der Waals surface area contributed by atoms with Crippen LogP contribution in [-0.2, 0) is 21.4 Å². The van der Waals surface area contributed by atoms with E-state index in [1.54, 1.807) is 42.5 Å². The number of amides is 1. The Morgan fingerprint density at radius 3 is 2.37 bits per heavy atom. The molecular weight excluding hydrogens is 366 g/mol. The van der Waals surface area contributed by atoms with E-state index >= 15 is 0 Å². The number of primary sulfonamides is 1. The van der Waals surface area contributed by atoms with E-state index in [0.717, 1.165) is 5.56 Å². The maximum atomic E-state index is 12.2. The number of benzene rings is 2. The van der Waals surface area contributed by atoms with Gasteiger partial charge in [0.25, 0.3) is 5.91 Å². The second-order valence-electron chi connectivity index (χ2n) is 5.35. The number of nitriles is 2. The molecule has 0 saturated heterocycles. The van der Waals surface area contributed by atoms with Crippen LogP contribution in [0.15, 0.2) is 65.2 Å². The highest BCUT2D eigenvalue weighted by Gasteiger charge is 2.11. The summed E-state index contributed by atoms with van der Waals surface area (Å²) in [6.07, 6.45) is 1.25. The van der Waals surface area contributed by atoms with Crippen LogP contribution in [0.5, 0.6) is 0 Å². The van der Waals surface area contributed by atoms with Crippen LogP contribution in [0.3, 0.4) is 0 Å². The maximum Gasteiger partial charge on any atom is 0.267 e. The van der Waals surface area contributed by atoms with Crippen LogP contribution in [0.2, 0.25) is 0 Å². The van der Waals surface area contributed by atoms with E-state index in [1.807, 2.05) is 6.07 Å². The number of hydrogen-bond acceptors (Lipinski definition) is 6.